The summed E-state index contributed by atoms with van der Waals surface area (Å²) in [7, 11) is 18.4. The molecule has 0 unspecified atom stereocenters. The number of nitrogens with one attached hydrogen (secondary N) is 1. The highest BCUT2D eigenvalue weighted by Crippen LogP contribution is 2.49. The molecule has 0 bridgehead atoms. The van der Waals surface area contributed by atoms with E-state index >= 15 is 0 Å². The first kappa shape index (κ1) is 24.2. The van der Waals surface area contributed by atoms with Crippen LogP contribution in [0.4, 0.5) is 11.4 Å². The van der Waals surface area contributed by atoms with Crippen molar-refractivity contribution in [2.75, 3.05) is 5.32 Å². The average Bonchev–Trinajstić information content (AvgIpc) is 3.18. The third-order valence-corrected chi connectivity index (χ3v) is 9.44. The summed E-state index contributed by atoms with van der Waals surface area (Å²) in [5, 5.41) is 3.85. The molecule has 1 N–H and O–H groups in total. The highest BCUT2D eigenvalue weighted by molar-refractivity contribution is 6.61. The molecule has 35 heavy (non-hydrogen) atoms. The lowest BCUT2D eigenvalue weighted by atomic mass is 9.59. The molecule has 0 fully saturated rings. The molecule has 0 aliphatic heterocycles. The van der Waals surface area contributed by atoms with Crippen molar-refractivity contribution in [1.29, 1.82) is 0 Å². The van der Waals surface area contributed by atoms with E-state index in [9.17, 15) is 0 Å². The van der Waals surface area contributed by atoms with Crippen LogP contribution in [0, 0.1) is 0 Å². The van der Waals surface area contributed by atoms with E-state index in [0.29, 0.717) is 5.92 Å². The van der Waals surface area contributed by atoms with Crippen LogP contribution in [-0.4, -0.2) is 62.8 Å². The number of rotatable bonds is 3. The van der Waals surface area contributed by atoms with Gasteiger partial charge in [0.15, 0.2) is 0 Å². The van der Waals surface area contributed by atoms with Gasteiger partial charge in [0.2, 0.25) is 0 Å². The molecule has 0 radical (unpaired) electrons. The predicted molar refractivity (Wildman–Crippen MR) is 177 cm³/mol. The van der Waals surface area contributed by atoms with Gasteiger partial charge in [0.1, 0.15) is 62.8 Å². The third kappa shape index (κ3) is 3.41. The molecule has 0 atom stereocenters. The molecule has 1 nitrogen and oxygen atoms in total. The largest absolute Gasteiger partial charge is 0.356 e. The Morgan fingerprint density at radius 1 is 0.657 bits per heavy atom. The topological polar surface area (TPSA) is 12.0 Å². The van der Waals surface area contributed by atoms with Crippen molar-refractivity contribution in [2.45, 2.75) is 25.2 Å². The maximum Gasteiger partial charge on any atom is 0.141 e. The average molecular weight is 444 g/mol. The fraction of sp³-hybridized carbons (Fsp3) is 0.154. The predicted octanol–water partition coefficient (Wildman–Crippen LogP) is -4.18. The molecule has 0 amide bonds. The highest BCUT2D eigenvalue weighted by Gasteiger charge is 2.35. The van der Waals surface area contributed by atoms with Crippen molar-refractivity contribution in [3.8, 4) is 11.1 Å². The second-order valence-corrected chi connectivity index (χ2v) is 11.4. The minimum absolute atomic E-state index is 0.00924. The number of hydrogen-bond acceptors (Lipinski definition) is 1. The molecule has 164 valence electrons. The number of hydrogen-bond donors (Lipinski definition) is 1. The van der Waals surface area contributed by atoms with Crippen LogP contribution in [0.2, 0.25) is 0 Å². The lowest BCUT2D eigenvalue weighted by Gasteiger charge is -2.29. The number of fused-ring (bicyclic) bond motifs is 3. The molecule has 0 aromatic heterocycles. The first-order valence-electron chi connectivity index (χ1n) is 12.9. The summed E-state index contributed by atoms with van der Waals surface area (Å²) < 4.78 is 0. The lowest BCUT2D eigenvalue weighted by molar-refractivity contribution is 0.660. The monoisotopic (exact) mass is 445 g/mol. The van der Waals surface area contributed by atoms with Gasteiger partial charge in [-0.25, -0.2) is 0 Å². The molecule has 0 saturated carbocycles. The lowest BCUT2D eigenvalue weighted by Crippen LogP contribution is -2.47. The summed E-state index contributed by atoms with van der Waals surface area (Å²) in [6, 6.07) is 15.8. The highest BCUT2D eigenvalue weighted by atomic mass is 14.9. The molecule has 3 aromatic carbocycles. The van der Waals surface area contributed by atoms with E-state index in [2.05, 4.69) is 124 Å². The number of allylic oxidation sites excluding steroid dienone is 4. The second kappa shape index (κ2) is 8.26. The van der Waals surface area contributed by atoms with Gasteiger partial charge in [-0.2, -0.15) is 0 Å². The fourth-order valence-corrected chi connectivity index (χ4v) is 6.67. The zero-order valence-electron chi connectivity index (χ0n) is 23.1. The minimum Gasteiger partial charge on any atom is -0.356 e. The van der Waals surface area contributed by atoms with E-state index in [0.717, 1.165) is 0 Å². The molecule has 3 aromatic rings. The molecule has 2 aliphatic rings. The van der Waals surface area contributed by atoms with E-state index in [1.165, 1.54) is 82.9 Å². The van der Waals surface area contributed by atoms with Crippen LogP contribution in [0.3, 0.4) is 0 Å². The van der Waals surface area contributed by atoms with E-state index < -0.39 is 0 Å². The number of anilines is 2. The molecule has 2 aliphatic carbocycles. The summed E-state index contributed by atoms with van der Waals surface area (Å²) in [6.07, 6.45) is 0. The quantitative estimate of drug-likeness (QED) is 0.405. The van der Waals surface area contributed by atoms with Crippen molar-refractivity contribution in [1.82, 2.24) is 0 Å². The zero-order valence-corrected chi connectivity index (χ0v) is 23.1. The SMILES string of the molecule is BC1=C(B)C(c2c(B)c(B)c(Nc3ccc4c(c3)C(C)(C)c3ccccc3-4)c(B)c2B)C(B)=C1B. The maximum absolute atomic E-state index is 3.85. The summed E-state index contributed by atoms with van der Waals surface area (Å²) in [6.45, 7) is 4.69. The maximum atomic E-state index is 3.85. The van der Waals surface area contributed by atoms with E-state index in [1.54, 1.807) is 0 Å². The Morgan fingerprint density at radius 2 is 1.20 bits per heavy atom. The van der Waals surface area contributed by atoms with Gasteiger partial charge >= 0.3 is 0 Å². The molecular formula is C26H31B8N. The van der Waals surface area contributed by atoms with Crippen molar-refractivity contribution in [2.24, 2.45) is 0 Å². The van der Waals surface area contributed by atoms with Crippen molar-refractivity contribution in [3.05, 3.63) is 81.0 Å². The fourth-order valence-electron chi connectivity index (χ4n) is 6.67. The Morgan fingerprint density at radius 3 is 1.80 bits per heavy atom. The third-order valence-electron chi connectivity index (χ3n) is 9.44. The smallest absolute Gasteiger partial charge is 0.141 e. The minimum atomic E-state index is 0.00924. The zero-order chi connectivity index (χ0) is 25.4. The summed E-state index contributed by atoms with van der Waals surface area (Å²) in [5.41, 5.74) is 21.0. The first-order chi connectivity index (χ1) is 16.5. The van der Waals surface area contributed by atoms with Crippen molar-refractivity contribution < 1.29 is 0 Å². The van der Waals surface area contributed by atoms with Gasteiger partial charge < -0.3 is 5.32 Å². The Hall–Kier alpha value is -2.54. The van der Waals surface area contributed by atoms with Gasteiger partial charge in [0.25, 0.3) is 0 Å². The number of benzene rings is 3. The summed E-state index contributed by atoms with van der Waals surface area (Å²) in [5.74, 6) is 0.403. The van der Waals surface area contributed by atoms with Gasteiger partial charge in [-0.15, -0.1) is 21.9 Å². The molecule has 0 saturated heterocycles. The molecular weight excluding hydrogens is 413 g/mol. The van der Waals surface area contributed by atoms with Crippen molar-refractivity contribution >= 4 is 96.0 Å². The van der Waals surface area contributed by atoms with E-state index in [-0.39, 0.29) is 5.41 Å². The van der Waals surface area contributed by atoms with Gasteiger partial charge in [0.05, 0.1) is 0 Å². The van der Waals surface area contributed by atoms with Crippen LogP contribution < -0.4 is 27.2 Å². The standard InChI is InChI=1S/C26H31B8N/c1-26(2)13-6-4-3-5-11(13)12-8-7-10(9-14(12)26)35-25-23(33)19(29)16(20(30)24(25)34)15-17(27)21(31)22(32)18(15)28/h3-9,15,35H,27-34H2,1-2H3. The summed E-state index contributed by atoms with van der Waals surface area (Å²) in [4.78, 5) is 0. The van der Waals surface area contributed by atoms with Crippen LogP contribution in [0.5, 0.6) is 0 Å². The molecule has 0 heterocycles. The van der Waals surface area contributed by atoms with Gasteiger partial charge in [-0.3, -0.25) is 0 Å². The van der Waals surface area contributed by atoms with Crippen LogP contribution >= 0.6 is 0 Å². The normalized spacial score (nSPS) is 16.5. The first-order valence-corrected chi connectivity index (χ1v) is 12.9. The molecule has 0 spiro atoms. The Balaban J connectivity index is 1.58. The van der Waals surface area contributed by atoms with E-state index in [1.807, 2.05) is 0 Å². The van der Waals surface area contributed by atoms with E-state index in [4.69, 9.17) is 0 Å². The Labute approximate surface area is 218 Å². The molecule has 5 rings (SSSR count). The van der Waals surface area contributed by atoms with Gasteiger partial charge in [-0.1, -0.05) is 71.6 Å². The molecule has 9 heteroatoms. The van der Waals surface area contributed by atoms with Crippen LogP contribution in [0.1, 0.15) is 36.5 Å². The van der Waals surface area contributed by atoms with Gasteiger partial charge in [-0.05, 0) is 34.4 Å². The van der Waals surface area contributed by atoms with Crippen molar-refractivity contribution in [3.63, 3.8) is 0 Å². The Kier molecular flexibility index (Phi) is 5.70. The van der Waals surface area contributed by atoms with Crippen LogP contribution in [0.25, 0.3) is 11.1 Å². The van der Waals surface area contributed by atoms with Gasteiger partial charge in [0, 0.05) is 22.7 Å². The summed E-state index contributed by atoms with van der Waals surface area (Å²) >= 11 is 0. The second-order valence-electron chi connectivity index (χ2n) is 11.4. The Bertz CT molecular complexity index is 1430. The van der Waals surface area contributed by atoms with Crippen LogP contribution in [-0.2, 0) is 5.41 Å². The van der Waals surface area contributed by atoms with Crippen LogP contribution in [0.15, 0.2) is 64.4 Å².